The number of nitrogens with zero attached hydrogens (tertiary/aromatic N) is 5. The molecule has 0 amide bonds. The molecule has 1 heterocycles. The molecule has 9 heteroatoms. The molecule has 0 radical (unpaired) electrons. The molecule has 2 N–H and O–H groups in total. The van der Waals surface area contributed by atoms with Crippen molar-refractivity contribution in [3.8, 4) is 0 Å². The van der Waals surface area contributed by atoms with Crippen LogP contribution in [0.25, 0.3) is 0 Å². The van der Waals surface area contributed by atoms with Gasteiger partial charge in [0.2, 0.25) is 11.6 Å². The third-order valence-corrected chi connectivity index (χ3v) is 4.94. The van der Waals surface area contributed by atoms with Gasteiger partial charge in [-0.05, 0) is 73.5 Å². The number of aromatic nitrogens is 2. The summed E-state index contributed by atoms with van der Waals surface area (Å²) in [7, 11) is 0. The molecule has 0 spiro atoms. The maximum absolute atomic E-state index is 11.8. The summed E-state index contributed by atoms with van der Waals surface area (Å²) >= 11 is 0. The SMILES string of the molecule is Cc1ccc(Nc2ncnc(Nc3ccc(N=Nc4ccccc4)cc3)c2[N+](=O)[O-])cc1C. The number of aryl methyl sites for hydroxylation is 2. The molecule has 0 bridgehead atoms. The minimum absolute atomic E-state index is 0.0833. The fourth-order valence-electron chi connectivity index (χ4n) is 3.05. The van der Waals surface area contributed by atoms with E-state index in [1.807, 2.05) is 62.4 Å². The van der Waals surface area contributed by atoms with E-state index in [4.69, 9.17) is 0 Å². The van der Waals surface area contributed by atoms with Crippen molar-refractivity contribution in [1.82, 2.24) is 9.97 Å². The van der Waals surface area contributed by atoms with Crippen molar-refractivity contribution in [3.05, 3.63) is 100 Å². The van der Waals surface area contributed by atoms with Crippen LogP contribution >= 0.6 is 0 Å². The van der Waals surface area contributed by atoms with Gasteiger partial charge in [0.05, 0.1) is 16.3 Å². The average Bonchev–Trinajstić information content (AvgIpc) is 2.82. The van der Waals surface area contributed by atoms with Crippen molar-refractivity contribution in [2.75, 3.05) is 10.6 Å². The van der Waals surface area contributed by atoms with Gasteiger partial charge in [-0.2, -0.15) is 10.2 Å². The molecule has 0 aliphatic heterocycles. The molecule has 33 heavy (non-hydrogen) atoms. The van der Waals surface area contributed by atoms with E-state index in [1.54, 1.807) is 24.3 Å². The third-order valence-electron chi connectivity index (χ3n) is 4.94. The zero-order valence-corrected chi connectivity index (χ0v) is 18.1. The molecule has 0 fully saturated rings. The summed E-state index contributed by atoms with van der Waals surface area (Å²) in [5.74, 6) is 0.189. The first-order valence-electron chi connectivity index (χ1n) is 10.2. The van der Waals surface area contributed by atoms with E-state index >= 15 is 0 Å². The normalized spacial score (nSPS) is 10.8. The molecular weight excluding hydrogens is 418 g/mol. The Morgan fingerprint density at radius 1 is 0.758 bits per heavy atom. The number of azo groups is 1. The van der Waals surface area contributed by atoms with Crippen molar-refractivity contribution in [3.63, 3.8) is 0 Å². The fourth-order valence-corrected chi connectivity index (χ4v) is 3.05. The molecule has 4 rings (SSSR count). The first-order valence-corrected chi connectivity index (χ1v) is 10.2. The van der Waals surface area contributed by atoms with Gasteiger partial charge in [0.25, 0.3) is 0 Å². The second-order valence-electron chi connectivity index (χ2n) is 7.31. The third kappa shape index (κ3) is 5.34. The van der Waals surface area contributed by atoms with Crippen LogP contribution in [0.5, 0.6) is 0 Å². The highest BCUT2D eigenvalue weighted by Gasteiger charge is 2.23. The number of nitrogens with one attached hydrogen (secondary N) is 2. The van der Waals surface area contributed by atoms with Crippen molar-refractivity contribution in [1.29, 1.82) is 0 Å². The first kappa shape index (κ1) is 21.6. The van der Waals surface area contributed by atoms with Gasteiger partial charge < -0.3 is 10.6 Å². The van der Waals surface area contributed by atoms with Crippen LogP contribution in [0.2, 0.25) is 0 Å². The maximum Gasteiger partial charge on any atom is 0.353 e. The van der Waals surface area contributed by atoms with E-state index in [1.165, 1.54) is 6.33 Å². The summed E-state index contributed by atoms with van der Waals surface area (Å²) in [6.45, 7) is 3.98. The zero-order valence-electron chi connectivity index (χ0n) is 18.1. The van der Waals surface area contributed by atoms with Crippen LogP contribution in [0.3, 0.4) is 0 Å². The highest BCUT2D eigenvalue weighted by Crippen LogP contribution is 2.33. The molecule has 1 aromatic heterocycles. The molecule has 0 aliphatic carbocycles. The quantitative estimate of drug-likeness (QED) is 0.184. The van der Waals surface area contributed by atoms with Gasteiger partial charge in [-0.1, -0.05) is 24.3 Å². The largest absolute Gasteiger partial charge is 0.353 e. The molecule has 0 saturated carbocycles. The predicted molar refractivity (Wildman–Crippen MR) is 128 cm³/mol. The maximum atomic E-state index is 11.8. The summed E-state index contributed by atoms with van der Waals surface area (Å²) in [6.07, 6.45) is 1.28. The number of hydrogen-bond acceptors (Lipinski definition) is 8. The molecular formula is C24H21N7O2. The van der Waals surface area contributed by atoms with E-state index in [9.17, 15) is 10.1 Å². The fraction of sp³-hybridized carbons (Fsp3) is 0.0833. The first-order chi connectivity index (χ1) is 16.0. The summed E-state index contributed by atoms with van der Waals surface area (Å²) in [4.78, 5) is 19.5. The predicted octanol–water partition coefficient (Wildman–Crippen LogP) is 6.90. The van der Waals surface area contributed by atoms with Gasteiger partial charge in [-0.25, -0.2) is 9.97 Å². The van der Waals surface area contributed by atoms with Crippen LogP contribution in [0.4, 0.5) is 40.1 Å². The van der Waals surface area contributed by atoms with Crippen LogP contribution in [-0.2, 0) is 0 Å². The topological polar surface area (TPSA) is 118 Å². The van der Waals surface area contributed by atoms with Crippen LogP contribution in [0.15, 0.2) is 89.4 Å². The Labute approximate surface area is 190 Å². The summed E-state index contributed by atoms with van der Waals surface area (Å²) in [5.41, 5.74) is 4.68. The number of benzene rings is 3. The molecule has 0 atom stereocenters. The van der Waals surface area contributed by atoms with Crippen molar-refractivity contribution in [2.24, 2.45) is 10.2 Å². The molecule has 164 valence electrons. The number of hydrogen-bond donors (Lipinski definition) is 2. The molecule has 0 unspecified atom stereocenters. The smallest absolute Gasteiger partial charge is 0.334 e. The Morgan fingerprint density at radius 2 is 1.33 bits per heavy atom. The van der Waals surface area contributed by atoms with E-state index in [2.05, 4.69) is 30.8 Å². The lowest BCUT2D eigenvalue weighted by Gasteiger charge is -2.11. The molecule has 4 aromatic rings. The second-order valence-corrected chi connectivity index (χ2v) is 7.31. The molecule has 9 nitrogen and oxygen atoms in total. The van der Waals surface area contributed by atoms with Gasteiger partial charge in [-0.3, -0.25) is 10.1 Å². The van der Waals surface area contributed by atoms with E-state index in [0.29, 0.717) is 17.1 Å². The van der Waals surface area contributed by atoms with Gasteiger partial charge in [0.15, 0.2) is 0 Å². The summed E-state index contributed by atoms with van der Waals surface area (Å²) in [6, 6.07) is 22.1. The standard InChI is InChI=1S/C24H21N7O2/c1-16-8-9-21(14-17(16)2)28-24-22(31(32)33)23(25-15-26-24)27-18-10-12-20(13-11-18)30-29-19-6-4-3-5-7-19/h3-15H,1-2H3,(H2,25,26,27,28). The summed E-state index contributed by atoms with van der Waals surface area (Å²) in [5, 5.41) is 26.2. The van der Waals surface area contributed by atoms with Gasteiger partial charge in [-0.15, -0.1) is 0 Å². The Morgan fingerprint density at radius 3 is 1.94 bits per heavy atom. The number of anilines is 4. The van der Waals surface area contributed by atoms with Crippen LogP contribution < -0.4 is 10.6 Å². The molecule has 3 aromatic carbocycles. The minimum atomic E-state index is -0.506. The van der Waals surface area contributed by atoms with E-state index < -0.39 is 4.92 Å². The van der Waals surface area contributed by atoms with Crippen molar-refractivity contribution < 1.29 is 4.92 Å². The Hall–Kier alpha value is -4.66. The minimum Gasteiger partial charge on any atom is -0.334 e. The van der Waals surface area contributed by atoms with Gasteiger partial charge >= 0.3 is 5.69 Å². The van der Waals surface area contributed by atoms with Crippen LogP contribution in [0.1, 0.15) is 11.1 Å². The lowest BCUT2D eigenvalue weighted by molar-refractivity contribution is -0.383. The molecule has 0 aliphatic rings. The van der Waals surface area contributed by atoms with Crippen LogP contribution in [0, 0.1) is 24.0 Å². The lowest BCUT2D eigenvalue weighted by Crippen LogP contribution is -2.05. The van der Waals surface area contributed by atoms with Gasteiger partial charge in [0, 0.05) is 11.4 Å². The second kappa shape index (κ2) is 9.65. The lowest BCUT2D eigenvalue weighted by atomic mass is 10.1. The Balaban J connectivity index is 1.55. The molecule has 0 saturated heterocycles. The van der Waals surface area contributed by atoms with E-state index in [0.717, 1.165) is 16.8 Å². The van der Waals surface area contributed by atoms with Crippen molar-refractivity contribution >= 4 is 40.1 Å². The highest BCUT2D eigenvalue weighted by atomic mass is 16.6. The zero-order chi connectivity index (χ0) is 23.2. The Bertz CT molecular complexity index is 1310. The monoisotopic (exact) mass is 439 g/mol. The Kier molecular flexibility index (Phi) is 6.31. The number of rotatable bonds is 7. The number of nitro groups is 1. The average molecular weight is 439 g/mol. The van der Waals surface area contributed by atoms with E-state index in [-0.39, 0.29) is 17.3 Å². The summed E-state index contributed by atoms with van der Waals surface area (Å²) < 4.78 is 0. The van der Waals surface area contributed by atoms with Crippen molar-refractivity contribution in [2.45, 2.75) is 13.8 Å². The highest BCUT2D eigenvalue weighted by molar-refractivity contribution is 5.77. The van der Waals surface area contributed by atoms with Crippen LogP contribution in [-0.4, -0.2) is 14.9 Å². The van der Waals surface area contributed by atoms with Gasteiger partial charge in [0.1, 0.15) is 6.33 Å².